The minimum atomic E-state index is -3.00. The van der Waals surface area contributed by atoms with Crippen LogP contribution in [0.5, 0.6) is 0 Å². The van der Waals surface area contributed by atoms with Crippen molar-refractivity contribution in [2.45, 2.75) is 38.3 Å². The fourth-order valence-corrected chi connectivity index (χ4v) is 3.81. The molecular weight excluding hydrogens is 250 g/mol. The Kier molecular flexibility index (Phi) is 4.64. The molecular formula is C12H25N3O2S. The van der Waals surface area contributed by atoms with Crippen molar-refractivity contribution in [1.29, 1.82) is 0 Å². The van der Waals surface area contributed by atoms with Crippen molar-refractivity contribution in [2.24, 2.45) is 0 Å². The normalized spacial score (nSPS) is 24.4. The first kappa shape index (κ1) is 14.2. The van der Waals surface area contributed by atoms with Crippen LogP contribution in [0.2, 0.25) is 0 Å². The topological polar surface area (TPSA) is 52.7 Å². The molecule has 0 aliphatic carbocycles. The Morgan fingerprint density at radius 3 is 2.22 bits per heavy atom. The monoisotopic (exact) mass is 275 g/mol. The summed E-state index contributed by atoms with van der Waals surface area (Å²) in [5, 5.41) is 3.32. The van der Waals surface area contributed by atoms with Gasteiger partial charge >= 0.3 is 0 Å². The van der Waals surface area contributed by atoms with Gasteiger partial charge in [-0.3, -0.25) is 4.90 Å². The first-order valence-electron chi connectivity index (χ1n) is 6.94. The van der Waals surface area contributed by atoms with Crippen molar-refractivity contribution in [1.82, 2.24) is 14.5 Å². The third-order valence-electron chi connectivity index (χ3n) is 4.07. The predicted octanol–water partition coefficient (Wildman–Crippen LogP) is 0.0942. The lowest BCUT2D eigenvalue weighted by Gasteiger charge is -2.45. The summed E-state index contributed by atoms with van der Waals surface area (Å²) in [5.41, 5.74) is 0. The highest BCUT2D eigenvalue weighted by molar-refractivity contribution is 7.88. The Labute approximate surface area is 111 Å². The lowest BCUT2D eigenvalue weighted by atomic mass is 10.00. The SMILES string of the molecule is CCCN(C1CCN(S(C)(=O)=O)CC1)C1CNC1. The molecule has 106 valence electrons. The zero-order valence-electron chi connectivity index (χ0n) is 11.4. The third-order valence-corrected chi connectivity index (χ3v) is 5.38. The molecule has 0 aromatic rings. The summed E-state index contributed by atoms with van der Waals surface area (Å²) < 4.78 is 24.6. The van der Waals surface area contributed by atoms with Crippen LogP contribution >= 0.6 is 0 Å². The second-order valence-corrected chi connectivity index (χ2v) is 7.43. The van der Waals surface area contributed by atoms with Gasteiger partial charge in [-0.25, -0.2) is 12.7 Å². The molecule has 2 saturated heterocycles. The van der Waals surface area contributed by atoms with Gasteiger partial charge in [-0.15, -0.1) is 0 Å². The van der Waals surface area contributed by atoms with Gasteiger partial charge in [0, 0.05) is 38.3 Å². The van der Waals surface area contributed by atoms with Gasteiger partial charge in [-0.1, -0.05) is 6.92 Å². The largest absolute Gasteiger partial charge is 0.314 e. The predicted molar refractivity (Wildman–Crippen MR) is 73.1 cm³/mol. The first-order valence-corrected chi connectivity index (χ1v) is 8.78. The zero-order valence-corrected chi connectivity index (χ0v) is 12.2. The maximum Gasteiger partial charge on any atom is 0.211 e. The summed E-state index contributed by atoms with van der Waals surface area (Å²) in [4.78, 5) is 2.59. The Hall–Kier alpha value is -0.170. The smallest absolute Gasteiger partial charge is 0.211 e. The van der Waals surface area contributed by atoms with Crippen LogP contribution in [0.15, 0.2) is 0 Å². The molecule has 0 unspecified atom stereocenters. The van der Waals surface area contributed by atoms with Gasteiger partial charge in [0.05, 0.1) is 6.26 Å². The number of hydrogen-bond donors (Lipinski definition) is 1. The molecule has 6 heteroatoms. The van der Waals surface area contributed by atoms with Crippen LogP contribution in [0.1, 0.15) is 26.2 Å². The molecule has 2 aliphatic rings. The number of sulfonamides is 1. The highest BCUT2D eigenvalue weighted by Gasteiger charge is 2.33. The quantitative estimate of drug-likeness (QED) is 0.773. The minimum absolute atomic E-state index is 0.565. The van der Waals surface area contributed by atoms with Crippen LogP contribution in [0.4, 0.5) is 0 Å². The van der Waals surface area contributed by atoms with Gasteiger partial charge < -0.3 is 5.32 Å². The zero-order chi connectivity index (χ0) is 13.2. The molecule has 0 aromatic heterocycles. The van der Waals surface area contributed by atoms with Gasteiger partial charge in [-0.05, 0) is 25.8 Å². The van der Waals surface area contributed by atoms with Crippen LogP contribution in [0.3, 0.4) is 0 Å². The Morgan fingerprint density at radius 1 is 1.22 bits per heavy atom. The summed E-state index contributed by atoms with van der Waals surface area (Å²) in [5.74, 6) is 0. The van der Waals surface area contributed by atoms with E-state index in [1.54, 1.807) is 4.31 Å². The van der Waals surface area contributed by atoms with Crippen LogP contribution < -0.4 is 5.32 Å². The van der Waals surface area contributed by atoms with Crippen molar-refractivity contribution in [2.75, 3.05) is 39.0 Å². The molecule has 2 fully saturated rings. The molecule has 1 N–H and O–H groups in total. The lowest BCUT2D eigenvalue weighted by molar-refractivity contribution is 0.0662. The second-order valence-electron chi connectivity index (χ2n) is 5.44. The first-order chi connectivity index (χ1) is 8.52. The van der Waals surface area contributed by atoms with E-state index in [-0.39, 0.29) is 0 Å². The molecule has 5 nitrogen and oxygen atoms in total. The number of rotatable bonds is 5. The number of nitrogens with one attached hydrogen (secondary N) is 1. The third kappa shape index (κ3) is 3.23. The fraction of sp³-hybridized carbons (Fsp3) is 1.00. The maximum atomic E-state index is 11.5. The van der Waals surface area contributed by atoms with E-state index in [0.29, 0.717) is 25.2 Å². The molecule has 0 saturated carbocycles. The summed E-state index contributed by atoms with van der Waals surface area (Å²) >= 11 is 0. The van der Waals surface area contributed by atoms with Gasteiger partial charge in [0.25, 0.3) is 0 Å². The van der Waals surface area contributed by atoms with E-state index in [2.05, 4.69) is 17.1 Å². The highest BCUT2D eigenvalue weighted by Crippen LogP contribution is 2.22. The molecule has 0 spiro atoms. The maximum absolute atomic E-state index is 11.5. The van der Waals surface area contributed by atoms with Crippen molar-refractivity contribution < 1.29 is 8.42 Å². The average Bonchev–Trinajstić information content (AvgIpc) is 2.25. The van der Waals surface area contributed by atoms with Gasteiger partial charge in [0.15, 0.2) is 0 Å². The molecule has 18 heavy (non-hydrogen) atoms. The van der Waals surface area contributed by atoms with Gasteiger partial charge in [0.2, 0.25) is 10.0 Å². The molecule has 0 aromatic carbocycles. The van der Waals surface area contributed by atoms with E-state index in [1.165, 1.54) is 12.7 Å². The lowest BCUT2D eigenvalue weighted by Crippen LogP contribution is -2.61. The number of piperidine rings is 1. The number of nitrogens with zero attached hydrogens (tertiary/aromatic N) is 2. The molecule has 0 atom stereocenters. The molecule has 2 aliphatic heterocycles. The fourth-order valence-electron chi connectivity index (χ4n) is 2.93. The number of hydrogen-bond acceptors (Lipinski definition) is 4. The van der Waals surface area contributed by atoms with Crippen LogP contribution in [0, 0.1) is 0 Å². The standard InChI is InChI=1S/C12H25N3O2S/c1-3-6-15(12-9-13-10-12)11-4-7-14(8-5-11)18(2,16)17/h11-13H,3-10H2,1-2H3. The minimum Gasteiger partial charge on any atom is -0.314 e. The highest BCUT2D eigenvalue weighted by atomic mass is 32.2. The van der Waals surface area contributed by atoms with Crippen molar-refractivity contribution >= 4 is 10.0 Å². The summed E-state index contributed by atoms with van der Waals surface area (Å²) in [6.45, 7) is 6.90. The van der Waals surface area contributed by atoms with E-state index in [1.807, 2.05) is 0 Å². The van der Waals surface area contributed by atoms with Crippen molar-refractivity contribution in [3.05, 3.63) is 0 Å². The van der Waals surface area contributed by atoms with Crippen molar-refractivity contribution in [3.63, 3.8) is 0 Å². The van der Waals surface area contributed by atoms with Crippen LogP contribution in [-0.4, -0.2) is 68.7 Å². The average molecular weight is 275 g/mol. The Bertz CT molecular complexity index is 360. The van der Waals surface area contributed by atoms with E-state index in [0.717, 1.165) is 32.5 Å². The van der Waals surface area contributed by atoms with Crippen LogP contribution in [-0.2, 0) is 10.0 Å². The summed E-state index contributed by atoms with van der Waals surface area (Å²) in [7, 11) is -3.00. The molecule has 2 heterocycles. The second kappa shape index (κ2) is 5.86. The molecule has 0 bridgehead atoms. The van der Waals surface area contributed by atoms with Gasteiger partial charge in [-0.2, -0.15) is 0 Å². The van der Waals surface area contributed by atoms with Crippen molar-refractivity contribution in [3.8, 4) is 0 Å². The van der Waals surface area contributed by atoms with E-state index < -0.39 is 10.0 Å². The Morgan fingerprint density at radius 2 is 1.83 bits per heavy atom. The van der Waals surface area contributed by atoms with E-state index in [4.69, 9.17) is 0 Å². The van der Waals surface area contributed by atoms with Gasteiger partial charge in [0.1, 0.15) is 0 Å². The summed E-state index contributed by atoms with van der Waals surface area (Å²) in [6.07, 6.45) is 4.43. The Balaban J connectivity index is 1.90. The molecule has 0 amide bonds. The molecule has 2 rings (SSSR count). The molecule has 0 radical (unpaired) electrons. The van der Waals surface area contributed by atoms with Crippen LogP contribution in [0.25, 0.3) is 0 Å². The van der Waals surface area contributed by atoms with E-state index >= 15 is 0 Å². The van der Waals surface area contributed by atoms with E-state index in [9.17, 15) is 8.42 Å². The summed E-state index contributed by atoms with van der Waals surface area (Å²) in [6, 6.07) is 1.23.